The maximum absolute atomic E-state index is 12.5. The van der Waals surface area contributed by atoms with Gasteiger partial charge in [-0.05, 0) is 31.9 Å². The van der Waals surface area contributed by atoms with E-state index in [4.69, 9.17) is 0 Å². The smallest absolute Gasteiger partial charge is 0.261 e. The summed E-state index contributed by atoms with van der Waals surface area (Å²) < 4.78 is 1.84. The third-order valence-electron chi connectivity index (χ3n) is 3.11. The first-order valence-corrected chi connectivity index (χ1v) is 6.67. The SMILES string of the molecule is CCCc1nc2ccc(C)cc2c(=O)n1CCC. The highest BCUT2D eigenvalue weighted by atomic mass is 16.1. The Labute approximate surface area is 107 Å². The number of hydrogen-bond acceptors (Lipinski definition) is 2. The molecule has 2 rings (SSSR count). The topological polar surface area (TPSA) is 34.9 Å². The van der Waals surface area contributed by atoms with Crippen LogP contribution >= 0.6 is 0 Å². The molecular weight excluding hydrogens is 224 g/mol. The minimum atomic E-state index is 0.106. The van der Waals surface area contributed by atoms with Crippen molar-refractivity contribution in [2.75, 3.05) is 0 Å². The fourth-order valence-electron chi connectivity index (χ4n) is 2.25. The van der Waals surface area contributed by atoms with Crippen molar-refractivity contribution in [2.45, 2.75) is 46.6 Å². The molecule has 1 aromatic carbocycles. The van der Waals surface area contributed by atoms with Gasteiger partial charge in [0.25, 0.3) is 5.56 Å². The van der Waals surface area contributed by atoms with E-state index in [1.54, 1.807) is 0 Å². The first-order valence-electron chi connectivity index (χ1n) is 6.67. The van der Waals surface area contributed by atoms with Crippen LogP contribution in [-0.2, 0) is 13.0 Å². The predicted molar refractivity (Wildman–Crippen MR) is 75.0 cm³/mol. The third kappa shape index (κ3) is 2.30. The van der Waals surface area contributed by atoms with Crippen LogP contribution in [0.1, 0.15) is 38.1 Å². The lowest BCUT2D eigenvalue weighted by molar-refractivity contribution is 0.599. The molecule has 0 saturated carbocycles. The van der Waals surface area contributed by atoms with E-state index < -0.39 is 0 Å². The molecule has 0 fully saturated rings. The Morgan fingerprint density at radius 2 is 2.00 bits per heavy atom. The first kappa shape index (κ1) is 12.8. The van der Waals surface area contributed by atoms with Crippen LogP contribution < -0.4 is 5.56 Å². The number of nitrogens with zero attached hydrogens (tertiary/aromatic N) is 2. The number of hydrogen-bond donors (Lipinski definition) is 0. The highest BCUT2D eigenvalue weighted by Crippen LogP contribution is 2.12. The predicted octanol–water partition coefficient (Wildman–Crippen LogP) is 3.07. The number of benzene rings is 1. The van der Waals surface area contributed by atoms with Crippen LogP contribution in [0.4, 0.5) is 0 Å². The lowest BCUT2D eigenvalue weighted by Crippen LogP contribution is -2.25. The summed E-state index contributed by atoms with van der Waals surface area (Å²) in [5.41, 5.74) is 2.03. The van der Waals surface area contributed by atoms with Crippen molar-refractivity contribution < 1.29 is 0 Å². The van der Waals surface area contributed by atoms with Gasteiger partial charge in [-0.3, -0.25) is 9.36 Å². The highest BCUT2D eigenvalue weighted by molar-refractivity contribution is 5.78. The Morgan fingerprint density at radius 1 is 1.22 bits per heavy atom. The van der Waals surface area contributed by atoms with Crippen LogP contribution in [0.5, 0.6) is 0 Å². The van der Waals surface area contributed by atoms with Crippen molar-refractivity contribution in [3.8, 4) is 0 Å². The Bertz CT molecular complexity index is 614. The van der Waals surface area contributed by atoms with Gasteiger partial charge in [0.05, 0.1) is 10.9 Å². The van der Waals surface area contributed by atoms with Crippen molar-refractivity contribution in [1.82, 2.24) is 9.55 Å². The Kier molecular flexibility index (Phi) is 3.80. The second-order valence-corrected chi connectivity index (χ2v) is 4.76. The van der Waals surface area contributed by atoms with Crippen LogP contribution in [-0.4, -0.2) is 9.55 Å². The van der Waals surface area contributed by atoms with Crippen LogP contribution in [0, 0.1) is 6.92 Å². The van der Waals surface area contributed by atoms with Gasteiger partial charge in [-0.2, -0.15) is 0 Å². The molecule has 0 radical (unpaired) electrons. The Balaban J connectivity index is 2.72. The van der Waals surface area contributed by atoms with Gasteiger partial charge in [0.1, 0.15) is 5.82 Å². The summed E-state index contributed by atoms with van der Waals surface area (Å²) in [5, 5.41) is 0.739. The summed E-state index contributed by atoms with van der Waals surface area (Å²) in [5.74, 6) is 0.917. The number of aryl methyl sites for hydroxylation is 2. The summed E-state index contributed by atoms with van der Waals surface area (Å²) in [7, 11) is 0. The molecule has 0 aliphatic heterocycles. The molecule has 3 nitrogen and oxygen atoms in total. The maximum atomic E-state index is 12.5. The molecule has 0 saturated heterocycles. The molecule has 1 aromatic heterocycles. The largest absolute Gasteiger partial charge is 0.296 e. The van der Waals surface area contributed by atoms with E-state index in [2.05, 4.69) is 18.8 Å². The summed E-state index contributed by atoms with van der Waals surface area (Å²) in [6, 6.07) is 5.89. The van der Waals surface area contributed by atoms with Crippen molar-refractivity contribution in [3.05, 3.63) is 39.9 Å². The van der Waals surface area contributed by atoms with Gasteiger partial charge in [0.2, 0.25) is 0 Å². The maximum Gasteiger partial charge on any atom is 0.261 e. The van der Waals surface area contributed by atoms with Crippen LogP contribution in [0.3, 0.4) is 0 Å². The van der Waals surface area contributed by atoms with Crippen LogP contribution in [0.25, 0.3) is 10.9 Å². The van der Waals surface area contributed by atoms with Crippen LogP contribution in [0.2, 0.25) is 0 Å². The van der Waals surface area contributed by atoms with Gasteiger partial charge >= 0.3 is 0 Å². The second kappa shape index (κ2) is 5.34. The quantitative estimate of drug-likeness (QED) is 0.828. The summed E-state index contributed by atoms with van der Waals surface area (Å²) in [6.45, 7) is 6.96. The summed E-state index contributed by atoms with van der Waals surface area (Å²) in [6.07, 6.45) is 2.82. The van der Waals surface area contributed by atoms with Crippen molar-refractivity contribution in [1.29, 1.82) is 0 Å². The fourth-order valence-corrected chi connectivity index (χ4v) is 2.25. The summed E-state index contributed by atoms with van der Waals surface area (Å²) in [4.78, 5) is 17.1. The van der Waals surface area contributed by atoms with E-state index in [1.165, 1.54) is 0 Å². The van der Waals surface area contributed by atoms with Gasteiger partial charge in [-0.25, -0.2) is 4.98 Å². The lowest BCUT2D eigenvalue weighted by atomic mass is 10.1. The van der Waals surface area contributed by atoms with E-state index in [9.17, 15) is 4.79 Å². The van der Waals surface area contributed by atoms with E-state index >= 15 is 0 Å². The van der Waals surface area contributed by atoms with E-state index in [-0.39, 0.29) is 5.56 Å². The van der Waals surface area contributed by atoms with Gasteiger partial charge in [-0.15, -0.1) is 0 Å². The molecule has 96 valence electrons. The van der Waals surface area contributed by atoms with Crippen molar-refractivity contribution in [3.63, 3.8) is 0 Å². The Hall–Kier alpha value is -1.64. The monoisotopic (exact) mass is 244 g/mol. The van der Waals surface area contributed by atoms with Gasteiger partial charge in [-0.1, -0.05) is 25.5 Å². The molecule has 0 aliphatic rings. The molecule has 0 aliphatic carbocycles. The molecule has 2 aromatic rings. The van der Waals surface area contributed by atoms with E-state index in [0.29, 0.717) is 0 Å². The molecule has 3 heteroatoms. The molecule has 0 amide bonds. The fraction of sp³-hybridized carbons (Fsp3) is 0.467. The standard InChI is InChI=1S/C15H20N2O/c1-4-6-14-16-13-8-7-11(3)10-12(13)15(18)17(14)9-5-2/h7-8,10H,4-6,9H2,1-3H3. The van der Waals surface area contributed by atoms with Gasteiger partial charge in [0.15, 0.2) is 0 Å². The molecule has 0 unspecified atom stereocenters. The molecular formula is C15H20N2O. The minimum absolute atomic E-state index is 0.106. The van der Waals surface area contributed by atoms with Crippen molar-refractivity contribution >= 4 is 10.9 Å². The molecule has 0 bridgehead atoms. The zero-order valence-electron chi connectivity index (χ0n) is 11.4. The second-order valence-electron chi connectivity index (χ2n) is 4.76. The molecule has 0 atom stereocenters. The number of aromatic nitrogens is 2. The first-order chi connectivity index (χ1) is 8.67. The number of fused-ring (bicyclic) bond motifs is 1. The molecule has 0 spiro atoms. The third-order valence-corrected chi connectivity index (χ3v) is 3.11. The van der Waals surface area contributed by atoms with Gasteiger partial charge in [0, 0.05) is 13.0 Å². The average Bonchev–Trinajstić information content (AvgIpc) is 2.35. The highest BCUT2D eigenvalue weighted by Gasteiger charge is 2.09. The van der Waals surface area contributed by atoms with E-state index in [0.717, 1.165) is 48.1 Å². The zero-order chi connectivity index (χ0) is 13.1. The molecule has 18 heavy (non-hydrogen) atoms. The van der Waals surface area contributed by atoms with Gasteiger partial charge < -0.3 is 0 Å². The average molecular weight is 244 g/mol. The normalized spacial score (nSPS) is 11.1. The van der Waals surface area contributed by atoms with Crippen molar-refractivity contribution in [2.24, 2.45) is 0 Å². The Morgan fingerprint density at radius 3 is 2.67 bits per heavy atom. The van der Waals surface area contributed by atoms with Crippen LogP contribution in [0.15, 0.2) is 23.0 Å². The number of rotatable bonds is 4. The zero-order valence-corrected chi connectivity index (χ0v) is 11.4. The minimum Gasteiger partial charge on any atom is -0.296 e. The van der Waals surface area contributed by atoms with E-state index in [1.807, 2.05) is 29.7 Å². The summed E-state index contributed by atoms with van der Waals surface area (Å²) >= 11 is 0. The molecule has 0 N–H and O–H groups in total. The molecule has 1 heterocycles. The lowest BCUT2D eigenvalue weighted by Gasteiger charge is -2.12.